The number of phenols is 1. The number of carbonyl (C=O) groups excluding carboxylic acids is 3. The van der Waals surface area contributed by atoms with Crippen LogP contribution in [0.25, 0.3) is 0 Å². The molecule has 0 saturated carbocycles. The number of alkyl carbamates (subject to hydrolysis) is 1. The lowest BCUT2D eigenvalue weighted by Gasteiger charge is -2.25. The molecule has 4 amide bonds. The molecule has 0 aliphatic carbocycles. The number of benzene rings is 2. The molecule has 54 heavy (non-hydrogen) atoms. The third kappa shape index (κ3) is 15.0. The summed E-state index contributed by atoms with van der Waals surface area (Å²) in [6.45, 7) is 9.40. The van der Waals surface area contributed by atoms with Gasteiger partial charge in [-0.2, -0.15) is 4.98 Å². The number of aromatic nitrogens is 2. The quantitative estimate of drug-likeness (QED) is 0.0484. The first kappa shape index (κ1) is 42.5. The van der Waals surface area contributed by atoms with E-state index in [0.717, 1.165) is 5.56 Å². The van der Waals surface area contributed by atoms with E-state index in [-0.39, 0.29) is 37.0 Å². The number of nitrogens with one attached hydrogen (secondary N) is 6. The topological polar surface area (TPSA) is 267 Å². The minimum Gasteiger partial charge on any atom is -0.508 e. The van der Waals surface area contributed by atoms with Crippen molar-refractivity contribution in [3.8, 4) is 5.75 Å². The van der Waals surface area contributed by atoms with Gasteiger partial charge in [-0.1, -0.05) is 35.5 Å². The molecule has 0 fully saturated rings. The maximum absolute atomic E-state index is 14.2. The van der Waals surface area contributed by atoms with Crippen LogP contribution in [0.1, 0.15) is 92.9 Å². The van der Waals surface area contributed by atoms with E-state index in [1.165, 1.54) is 0 Å². The molecule has 1 aromatic heterocycles. The molecule has 3 atom stereocenters. The average Bonchev–Trinajstić information content (AvgIpc) is 3.53. The van der Waals surface area contributed by atoms with E-state index >= 15 is 0 Å². The zero-order valence-corrected chi connectivity index (χ0v) is 31.5. The van der Waals surface area contributed by atoms with Crippen molar-refractivity contribution in [2.24, 2.45) is 5.73 Å². The summed E-state index contributed by atoms with van der Waals surface area (Å²) in [5.74, 6) is -0.984. The highest BCUT2D eigenvalue weighted by Gasteiger charge is 2.31. The number of hydrogen-bond acceptors (Lipinski definition) is 10. The monoisotopic (exact) mass is 751 g/mol. The van der Waals surface area contributed by atoms with Gasteiger partial charge in [0.05, 0.1) is 0 Å². The lowest BCUT2D eigenvalue weighted by atomic mass is 9.95. The smallest absolute Gasteiger partial charge is 0.407 e. The minimum absolute atomic E-state index is 0.0107. The van der Waals surface area contributed by atoms with Gasteiger partial charge in [0, 0.05) is 25.9 Å². The van der Waals surface area contributed by atoms with Gasteiger partial charge in [-0.3, -0.25) is 15.0 Å². The maximum atomic E-state index is 14.2. The van der Waals surface area contributed by atoms with Crippen LogP contribution >= 0.6 is 0 Å². The van der Waals surface area contributed by atoms with E-state index < -0.39 is 47.7 Å². The summed E-state index contributed by atoms with van der Waals surface area (Å²) < 4.78 is 10.9. The Balaban J connectivity index is 1.87. The molecule has 0 unspecified atom stereocenters. The second kappa shape index (κ2) is 20.4. The van der Waals surface area contributed by atoms with Crippen molar-refractivity contribution in [1.82, 2.24) is 36.7 Å². The van der Waals surface area contributed by atoms with E-state index in [1.807, 2.05) is 30.3 Å². The predicted molar refractivity (Wildman–Crippen MR) is 200 cm³/mol. The summed E-state index contributed by atoms with van der Waals surface area (Å²) in [6, 6.07) is 9.45. The van der Waals surface area contributed by atoms with Crippen molar-refractivity contribution in [1.29, 1.82) is 5.41 Å². The van der Waals surface area contributed by atoms with Gasteiger partial charge in [-0.15, -0.1) is 0 Å². The van der Waals surface area contributed by atoms with Gasteiger partial charge in [-0.25, -0.2) is 9.59 Å². The molecule has 0 saturated heterocycles. The van der Waals surface area contributed by atoms with Crippen LogP contribution in [-0.2, 0) is 27.2 Å². The number of guanidine groups is 1. The average molecular weight is 752 g/mol. The zero-order valence-electron chi connectivity index (χ0n) is 31.5. The molecule has 17 heteroatoms. The molecule has 1 heterocycles. The fourth-order valence-electron chi connectivity index (χ4n) is 5.69. The Hall–Kier alpha value is -5.87. The van der Waals surface area contributed by atoms with Gasteiger partial charge in [0.1, 0.15) is 29.5 Å². The Morgan fingerprint density at radius 2 is 1.56 bits per heavy atom. The Morgan fingerprint density at radius 3 is 2.19 bits per heavy atom. The van der Waals surface area contributed by atoms with E-state index in [1.54, 1.807) is 46.8 Å². The summed E-state index contributed by atoms with van der Waals surface area (Å²) in [6.07, 6.45) is 0.156. The number of nitrogens with two attached hydrogens (primary N) is 1. The number of carboxylic acid groups (broad SMARTS) is 1. The molecule has 294 valence electrons. The van der Waals surface area contributed by atoms with Crippen molar-refractivity contribution < 1.29 is 38.7 Å². The van der Waals surface area contributed by atoms with Crippen LogP contribution in [0.2, 0.25) is 0 Å². The summed E-state index contributed by atoms with van der Waals surface area (Å²) in [4.78, 5) is 56.2. The van der Waals surface area contributed by atoms with Crippen LogP contribution < -0.4 is 32.3 Å². The number of unbranched alkanes of at least 4 members (excludes halogenated alkanes) is 1. The van der Waals surface area contributed by atoms with Crippen molar-refractivity contribution in [3.05, 3.63) is 76.4 Å². The molecule has 0 aliphatic heterocycles. The van der Waals surface area contributed by atoms with Gasteiger partial charge >= 0.3 is 12.2 Å². The summed E-state index contributed by atoms with van der Waals surface area (Å²) in [5, 5.41) is 44.3. The molecule has 0 radical (unpaired) electrons. The van der Waals surface area contributed by atoms with E-state index in [0.29, 0.717) is 61.2 Å². The van der Waals surface area contributed by atoms with Crippen molar-refractivity contribution in [3.63, 3.8) is 0 Å². The number of carbonyl (C=O) groups is 4. The molecule has 10 N–H and O–H groups in total. The van der Waals surface area contributed by atoms with Gasteiger partial charge in [-0.05, 0) is 101 Å². The first-order valence-electron chi connectivity index (χ1n) is 17.8. The number of nitrogens with zero attached hydrogens (tertiary/aromatic N) is 2. The summed E-state index contributed by atoms with van der Waals surface area (Å²) >= 11 is 0. The molecule has 2 aromatic carbocycles. The van der Waals surface area contributed by atoms with Crippen LogP contribution in [-0.4, -0.2) is 81.1 Å². The molecular formula is C37H53N9O8. The third-order valence-electron chi connectivity index (χ3n) is 8.21. The number of aryl methyl sites for hydroxylation is 2. The first-order valence-corrected chi connectivity index (χ1v) is 17.8. The number of amides is 4. The highest BCUT2D eigenvalue weighted by molar-refractivity contribution is 5.91. The molecular weight excluding hydrogens is 698 g/mol. The maximum Gasteiger partial charge on any atom is 0.407 e. The van der Waals surface area contributed by atoms with Gasteiger partial charge < -0.3 is 51.8 Å². The van der Waals surface area contributed by atoms with Crippen LogP contribution in [0.4, 0.5) is 9.59 Å². The number of hydrogen-bond donors (Lipinski definition) is 9. The molecule has 0 spiro atoms. The second-order valence-corrected chi connectivity index (χ2v) is 14.0. The Kier molecular flexibility index (Phi) is 16.1. The van der Waals surface area contributed by atoms with Crippen molar-refractivity contribution >= 4 is 30.0 Å². The van der Waals surface area contributed by atoms with Crippen LogP contribution in [0, 0.1) is 19.3 Å². The number of rotatable bonds is 19. The SMILES string of the molecule is Cc1cc(O)cc(C)c1C[C@@H](NC(=O)[C@H](CCCNC(=N)N)NC(=O)O)C(=O)N[C@H](CCCCNC(=O)OC(C)(C)C)c1nc(Cc2ccccc2)no1. The van der Waals surface area contributed by atoms with Crippen LogP contribution in [0.15, 0.2) is 47.0 Å². The molecule has 0 aliphatic rings. The van der Waals surface area contributed by atoms with E-state index in [4.69, 9.17) is 20.4 Å². The standard InChI is InChI=1S/C37H53N9O8/c1-22-18-25(47)19-23(2)26(22)21-29(43-31(48)27(44-35(50)51)15-11-17-40-34(38)39)32(49)42-28(14-9-10-16-41-36(52)53-37(3,4)5)33-45-30(46-54-33)20-24-12-7-6-8-13-24/h6-8,12-13,18-19,27-29,44,47H,9-11,14-17,20-21H2,1-5H3,(H,41,52)(H,42,49)(H,43,48)(H,50,51)(H4,38,39,40)/t27-,28+,29+/m0/s1. The highest BCUT2D eigenvalue weighted by atomic mass is 16.6. The van der Waals surface area contributed by atoms with Crippen LogP contribution in [0.3, 0.4) is 0 Å². The fourth-order valence-corrected chi connectivity index (χ4v) is 5.69. The molecule has 17 nitrogen and oxygen atoms in total. The lowest BCUT2D eigenvalue weighted by Crippen LogP contribution is -2.55. The Bertz CT molecular complexity index is 1700. The van der Waals surface area contributed by atoms with Crippen molar-refractivity contribution in [2.75, 3.05) is 13.1 Å². The summed E-state index contributed by atoms with van der Waals surface area (Å²) in [7, 11) is 0. The second-order valence-electron chi connectivity index (χ2n) is 14.0. The molecule has 0 bridgehead atoms. The van der Waals surface area contributed by atoms with Gasteiger partial charge in [0.15, 0.2) is 11.8 Å². The first-order chi connectivity index (χ1) is 25.5. The molecule has 3 aromatic rings. The minimum atomic E-state index is -1.43. The fraction of sp³-hybridized carbons (Fsp3) is 0.486. The summed E-state index contributed by atoms with van der Waals surface area (Å²) in [5.41, 5.74) is 7.73. The van der Waals surface area contributed by atoms with Crippen molar-refractivity contribution in [2.45, 2.75) is 103 Å². The van der Waals surface area contributed by atoms with Gasteiger partial charge in [0.2, 0.25) is 17.7 Å². The van der Waals surface area contributed by atoms with E-state index in [2.05, 4.69) is 36.7 Å². The zero-order chi connectivity index (χ0) is 39.8. The number of aromatic hydroxyl groups is 1. The Morgan fingerprint density at radius 1 is 0.907 bits per heavy atom. The highest BCUT2D eigenvalue weighted by Crippen LogP contribution is 2.24. The normalized spacial score (nSPS) is 12.8. The van der Waals surface area contributed by atoms with E-state index in [9.17, 15) is 29.4 Å². The molecule has 3 rings (SSSR count). The van der Waals surface area contributed by atoms with Crippen LogP contribution in [0.5, 0.6) is 5.75 Å². The lowest BCUT2D eigenvalue weighted by molar-refractivity contribution is -0.130. The largest absolute Gasteiger partial charge is 0.508 e. The predicted octanol–water partition coefficient (Wildman–Crippen LogP) is 3.46. The number of phenolic OH excluding ortho intramolecular Hbond substituents is 1. The Labute approximate surface area is 314 Å². The third-order valence-corrected chi connectivity index (χ3v) is 8.21. The van der Waals surface area contributed by atoms with Gasteiger partial charge in [0.25, 0.3) is 0 Å². The number of ether oxygens (including phenoxy) is 1.